The monoisotopic (exact) mass is 245 g/mol. The van der Waals surface area contributed by atoms with Crippen LogP contribution in [0.5, 0.6) is 0 Å². The Hall–Kier alpha value is -1.15. The van der Waals surface area contributed by atoms with Gasteiger partial charge in [-0.1, -0.05) is 44.2 Å². The highest BCUT2D eigenvalue weighted by Gasteiger charge is 2.21. The molecule has 1 atom stereocenters. The summed E-state index contributed by atoms with van der Waals surface area (Å²) in [6, 6.07) is 9.65. The molecule has 0 saturated carbocycles. The molecule has 1 heterocycles. The fourth-order valence-corrected chi connectivity index (χ4v) is 2.60. The van der Waals surface area contributed by atoms with Crippen LogP contribution in [0.3, 0.4) is 0 Å². The fourth-order valence-electron chi connectivity index (χ4n) is 2.60. The highest BCUT2D eigenvalue weighted by molar-refractivity contribution is 5.97. The van der Waals surface area contributed by atoms with Gasteiger partial charge in [-0.15, -0.1) is 0 Å². The molecule has 1 aromatic rings. The van der Waals surface area contributed by atoms with Gasteiger partial charge in [0.1, 0.15) is 0 Å². The number of carbonyl (C=O) groups excluding carboxylic acids is 1. The highest BCUT2D eigenvalue weighted by atomic mass is 16.1. The molecule has 0 N–H and O–H groups in total. The summed E-state index contributed by atoms with van der Waals surface area (Å²) in [5.41, 5.74) is 0.843. The van der Waals surface area contributed by atoms with Gasteiger partial charge in [-0.2, -0.15) is 0 Å². The number of benzene rings is 1. The molecule has 1 aromatic carbocycles. The zero-order valence-electron chi connectivity index (χ0n) is 11.4. The zero-order valence-corrected chi connectivity index (χ0v) is 11.4. The molecule has 1 saturated heterocycles. The topological polar surface area (TPSA) is 20.3 Å². The van der Waals surface area contributed by atoms with E-state index < -0.39 is 0 Å². The lowest BCUT2D eigenvalue weighted by Gasteiger charge is -2.31. The van der Waals surface area contributed by atoms with Crippen LogP contribution in [0.2, 0.25) is 0 Å². The smallest absolute Gasteiger partial charge is 0.166 e. The van der Waals surface area contributed by atoms with Gasteiger partial charge in [0.05, 0.1) is 0 Å². The molecule has 0 unspecified atom stereocenters. The third-order valence-electron chi connectivity index (χ3n) is 3.91. The molecule has 0 bridgehead atoms. The maximum Gasteiger partial charge on any atom is 0.166 e. The Morgan fingerprint density at radius 3 is 2.50 bits per heavy atom. The molecular weight excluding hydrogens is 222 g/mol. The number of hydrogen-bond donors (Lipinski definition) is 0. The second-order valence-electron chi connectivity index (χ2n) is 5.61. The Morgan fingerprint density at radius 1 is 1.28 bits per heavy atom. The second-order valence-corrected chi connectivity index (χ2v) is 5.61. The van der Waals surface area contributed by atoms with Gasteiger partial charge in [-0.3, -0.25) is 4.79 Å². The first-order chi connectivity index (χ1) is 8.66. The highest BCUT2D eigenvalue weighted by Crippen LogP contribution is 2.18. The van der Waals surface area contributed by atoms with Crippen LogP contribution in [-0.2, 0) is 0 Å². The van der Waals surface area contributed by atoms with E-state index in [9.17, 15) is 4.79 Å². The van der Waals surface area contributed by atoms with Gasteiger partial charge in [-0.05, 0) is 31.8 Å². The van der Waals surface area contributed by atoms with Crippen LogP contribution in [0, 0.1) is 11.8 Å². The van der Waals surface area contributed by atoms with Gasteiger partial charge < -0.3 is 4.90 Å². The largest absolute Gasteiger partial charge is 0.303 e. The first-order valence-corrected chi connectivity index (χ1v) is 6.98. The molecule has 0 spiro atoms. The number of Topliss-reactive ketones (excluding diaryl/α,β-unsaturated/α-hetero) is 1. The lowest BCUT2D eigenvalue weighted by atomic mass is 9.95. The van der Waals surface area contributed by atoms with Crippen molar-refractivity contribution in [3.05, 3.63) is 35.9 Å². The van der Waals surface area contributed by atoms with E-state index in [-0.39, 0.29) is 11.7 Å². The predicted molar refractivity (Wildman–Crippen MR) is 74.8 cm³/mol. The lowest BCUT2D eigenvalue weighted by Crippen LogP contribution is -2.37. The third kappa shape index (κ3) is 3.42. The van der Waals surface area contributed by atoms with Crippen molar-refractivity contribution < 1.29 is 4.79 Å². The Labute approximate surface area is 110 Å². The summed E-state index contributed by atoms with van der Waals surface area (Å²) in [5, 5.41) is 0. The van der Waals surface area contributed by atoms with Crippen molar-refractivity contribution in [1.29, 1.82) is 0 Å². The van der Waals surface area contributed by atoms with Crippen molar-refractivity contribution >= 4 is 5.78 Å². The van der Waals surface area contributed by atoms with Gasteiger partial charge in [0.25, 0.3) is 0 Å². The molecule has 0 amide bonds. The van der Waals surface area contributed by atoms with E-state index in [0.29, 0.717) is 0 Å². The van der Waals surface area contributed by atoms with E-state index in [1.807, 2.05) is 37.3 Å². The maximum absolute atomic E-state index is 12.3. The summed E-state index contributed by atoms with van der Waals surface area (Å²) in [6.45, 7) is 7.56. The average molecular weight is 245 g/mol. The van der Waals surface area contributed by atoms with E-state index in [4.69, 9.17) is 0 Å². The van der Waals surface area contributed by atoms with Crippen molar-refractivity contribution in [2.24, 2.45) is 11.8 Å². The third-order valence-corrected chi connectivity index (χ3v) is 3.91. The molecule has 18 heavy (non-hydrogen) atoms. The first-order valence-electron chi connectivity index (χ1n) is 6.98. The van der Waals surface area contributed by atoms with Crippen molar-refractivity contribution in [3.63, 3.8) is 0 Å². The van der Waals surface area contributed by atoms with Gasteiger partial charge >= 0.3 is 0 Å². The minimum Gasteiger partial charge on any atom is -0.303 e. The number of rotatable bonds is 4. The van der Waals surface area contributed by atoms with E-state index in [0.717, 1.165) is 31.1 Å². The number of piperidine rings is 1. The number of ketones is 1. The van der Waals surface area contributed by atoms with E-state index >= 15 is 0 Å². The molecule has 2 rings (SSSR count). The molecule has 98 valence electrons. The molecular formula is C16H23NO. The predicted octanol–water partition coefficient (Wildman–Crippen LogP) is 3.24. The summed E-state index contributed by atoms with van der Waals surface area (Å²) in [7, 11) is 0. The van der Waals surface area contributed by atoms with Crippen LogP contribution in [-0.4, -0.2) is 30.3 Å². The molecule has 1 aliphatic heterocycles. The van der Waals surface area contributed by atoms with Crippen LogP contribution in [0.25, 0.3) is 0 Å². The first kappa shape index (κ1) is 13.3. The van der Waals surface area contributed by atoms with Crippen LogP contribution < -0.4 is 0 Å². The van der Waals surface area contributed by atoms with Crippen LogP contribution >= 0.6 is 0 Å². The van der Waals surface area contributed by atoms with Gasteiger partial charge in [-0.25, -0.2) is 0 Å². The SMILES string of the molecule is CC1CCN(C[C@@H](C)C(=O)c2ccccc2)CC1. The Balaban J connectivity index is 1.88. The molecule has 0 aromatic heterocycles. The van der Waals surface area contributed by atoms with Crippen LogP contribution in [0.1, 0.15) is 37.0 Å². The standard InChI is InChI=1S/C16H23NO/c1-13-8-10-17(11-9-13)12-14(2)16(18)15-6-4-3-5-7-15/h3-7,13-14H,8-12H2,1-2H3/t14-/m1/s1. The quantitative estimate of drug-likeness (QED) is 0.759. The summed E-state index contributed by atoms with van der Waals surface area (Å²) < 4.78 is 0. The number of carbonyl (C=O) groups is 1. The van der Waals surface area contributed by atoms with Crippen molar-refractivity contribution in [3.8, 4) is 0 Å². The van der Waals surface area contributed by atoms with Crippen molar-refractivity contribution in [1.82, 2.24) is 4.90 Å². The van der Waals surface area contributed by atoms with Crippen LogP contribution in [0.15, 0.2) is 30.3 Å². The van der Waals surface area contributed by atoms with Gasteiger partial charge in [0, 0.05) is 18.0 Å². The number of likely N-dealkylation sites (tertiary alicyclic amines) is 1. The Bertz CT molecular complexity index is 379. The van der Waals surface area contributed by atoms with Crippen molar-refractivity contribution in [2.45, 2.75) is 26.7 Å². The van der Waals surface area contributed by atoms with E-state index in [2.05, 4.69) is 11.8 Å². The lowest BCUT2D eigenvalue weighted by molar-refractivity contribution is 0.0873. The van der Waals surface area contributed by atoms with Gasteiger partial charge in [0.15, 0.2) is 5.78 Å². The summed E-state index contributed by atoms with van der Waals surface area (Å²) >= 11 is 0. The normalized spacial score (nSPS) is 19.7. The minimum absolute atomic E-state index is 0.0980. The summed E-state index contributed by atoms with van der Waals surface area (Å²) in [6.07, 6.45) is 2.54. The average Bonchev–Trinajstić information content (AvgIpc) is 2.41. The summed E-state index contributed by atoms with van der Waals surface area (Å²) in [4.78, 5) is 14.7. The zero-order chi connectivity index (χ0) is 13.0. The van der Waals surface area contributed by atoms with Crippen molar-refractivity contribution in [2.75, 3.05) is 19.6 Å². The molecule has 0 aliphatic carbocycles. The fraction of sp³-hybridized carbons (Fsp3) is 0.562. The second kappa shape index (κ2) is 6.14. The van der Waals surface area contributed by atoms with E-state index in [1.165, 1.54) is 12.8 Å². The molecule has 1 fully saturated rings. The number of hydrogen-bond acceptors (Lipinski definition) is 2. The minimum atomic E-state index is 0.0980. The van der Waals surface area contributed by atoms with Gasteiger partial charge in [0.2, 0.25) is 0 Å². The molecule has 2 nitrogen and oxygen atoms in total. The maximum atomic E-state index is 12.3. The van der Waals surface area contributed by atoms with Crippen LogP contribution in [0.4, 0.5) is 0 Å². The Kier molecular flexibility index (Phi) is 4.54. The Morgan fingerprint density at radius 2 is 1.89 bits per heavy atom. The number of nitrogens with zero attached hydrogens (tertiary/aromatic N) is 1. The van der Waals surface area contributed by atoms with E-state index in [1.54, 1.807) is 0 Å². The molecule has 1 aliphatic rings. The molecule has 0 radical (unpaired) electrons. The molecule has 2 heteroatoms. The summed E-state index contributed by atoms with van der Waals surface area (Å²) in [5.74, 6) is 1.22.